The van der Waals surface area contributed by atoms with Crippen LogP contribution in [0.4, 0.5) is 0 Å². The summed E-state index contributed by atoms with van der Waals surface area (Å²) in [5, 5.41) is 18.1. The van der Waals surface area contributed by atoms with Crippen LogP contribution in [0.3, 0.4) is 0 Å². The van der Waals surface area contributed by atoms with Crippen molar-refractivity contribution >= 4 is 5.97 Å². The van der Waals surface area contributed by atoms with Gasteiger partial charge in [0.2, 0.25) is 0 Å². The van der Waals surface area contributed by atoms with Gasteiger partial charge in [0.25, 0.3) is 0 Å². The Labute approximate surface area is 77.7 Å². The molecule has 0 saturated heterocycles. The maximum Gasteiger partial charge on any atom is 1.00 e. The monoisotopic (exact) mass is 154 g/mol. The molecule has 0 aliphatic carbocycles. The van der Waals surface area contributed by atoms with Gasteiger partial charge in [0.05, 0.1) is 6.61 Å². The molecule has 0 spiro atoms. The Hall–Kier alpha value is -0.0126. The third-order valence-electron chi connectivity index (χ3n) is 0.897. The molecule has 11 heavy (non-hydrogen) atoms. The van der Waals surface area contributed by atoms with Crippen LogP contribution in [0.2, 0.25) is 0 Å². The van der Waals surface area contributed by atoms with Crippen molar-refractivity contribution in [1.29, 1.82) is 0 Å². The number of aliphatic hydroxyl groups is 1. The van der Waals surface area contributed by atoms with Gasteiger partial charge in [-0.3, -0.25) is 0 Å². The summed E-state index contributed by atoms with van der Waals surface area (Å²) < 4.78 is 4.80. The number of carboxylic acid groups (broad SMARTS) is 1. The number of rotatable bonds is 6. The fourth-order valence-corrected chi connectivity index (χ4v) is 0.424. The molecule has 0 saturated carbocycles. The molecule has 0 atom stereocenters. The first-order chi connectivity index (χ1) is 4.77. The zero-order chi connectivity index (χ0) is 7.82. The predicted molar refractivity (Wildman–Crippen MR) is 32.1 cm³/mol. The normalized spacial score (nSPS) is 8.82. The maximum atomic E-state index is 9.79. The zero-order valence-corrected chi connectivity index (χ0v) is 6.71. The molecular formula is C6H11LiO4. The second kappa shape index (κ2) is 9.99. The summed E-state index contributed by atoms with van der Waals surface area (Å²) in [7, 11) is 0. The fourth-order valence-electron chi connectivity index (χ4n) is 0.424. The Morgan fingerprint density at radius 1 is 1.45 bits per heavy atom. The van der Waals surface area contributed by atoms with Gasteiger partial charge in [-0.05, 0) is 6.42 Å². The molecule has 60 valence electrons. The quantitative estimate of drug-likeness (QED) is 0.309. The number of hydrogen-bond acceptors (Lipinski definition) is 4. The molecule has 0 amide bonds. The van der Waals surface area contributed by atoms with Crippen molar-refractivity contribution in [2.75, 3.05) is 19.8 Å². The number of carboxylic acids is 1. The largest absolute Gasteiger partial charge is 1.00 e. The van der Waals surface area contributed by atoms with Crippen molar-refractivity contribution in [3.8, 4) is 0 Å². The van der Waals surface area contributed by atoms with E-state index >= 15 is 0 Å². The van der Waals surface area contributed by atoms with Gasteiger partial charge in [-0.1, -0.05) is 0 Å². The number of ether oxygens (including phenoxy) is 1. The third-order valence-corrected chi connectivity index (χ3v) is 0.897. The van der Waals surface area contributed by atoms with E-state index in [2.05, 4.69) is 0 Å². The van der Waals surface area contributed by atoms with Gasteiger partial charge < -0.3 is 19.7 Å². The Kier molecular flexibility index (Phi) is 12.3. The average molecular weight is 154 g/mol. The zero-order valence-electron chi connectivity index (χ0n) is 6.71. The van der Waals surface area contributed by atoms with E-state index in [1.165, 1.54) is 0 Å². The smallest absolute Gasteiger partial charge is 0.550 e. The van der Waals surface area contributed by atoms with Crippen LogP contribution in [0.25, 0.3) is 0 Å². The Morgan fingerprint density at radius 2 is 2.09 bits per heavy atom. The van der Waals surface area contributed by atoms with Crippen molar-refractivity contribution in [2.45, 2.75) is 12.8 Å². The first kappa shape index (κ1) is 13.6. The second-order valence-electron chi connectivity index (χ2n) is 1.81. The molecule has 0 aromatic carbocycles. The van der Waals surface area contributed by atoms with Crippen LogP contribution >= 0.6 is 0 Å². The van der Waals surface area contributed by atoms with Crippen molar-refractivity contribution in [3.05, 3.63) is 0 Å². The number of aliphatic hydroxyl groups excluding tert-OH is 1. The van der Waals surface area contributed by atoms with Crippen LogP contribution in [0, 0.1) is 0 Å². The van der Waals surface area contributed by atoms with E-state index < -0.39 is 5.97 Å². The first-order valence-corrected chi connectivity index (χ1v) is 3.16. The first-order valence-electron chi connectivity index (χ1n) is 3.16. The van der Waals surface area contributed by atoms with E-state index in [0.29, 0.717) is 13.0 Å². The van der Waals surface area contributed by atoms with Crippen LogP contribution in [-0.2, 0) is 9.53 Å². The Morgan fingerprint density at radius 3 is 2.55 bits per heavy atom. The minimum atomic E-state index is -1.11. The second-order valence-corrected chi connectivity index (χ2v) is 1.81. The minimum absolute atomic E-state index is 0. The van der Waals surface area contributed by atoms with E-state index in [1.807, 2.05) is 0 Å². The van der Waals surface area contributed by atoms with Crippen molar-refractivity contribution in [3.63, 3.8) is 0 Å². The van der Waals surface area contributed by atoms with Gasteiger partial charge in [-0.15, -0.1) is 0 Å². The Balaban J connectivity index is 0. The molecule has 0 rings (SSSR count). The molecule has 0 fully saturated rings. The number of carbonyl (C=O) groups is 1. The average Bonchev–Trinajstić information content (AvgIpc) is 1.87. The topological polar surface area (TPSA) is 69.6 Å². The maximum absolute atomic E-state index is 9.79. The van der Waals surface area contributed by atoms with Gasteiger partial charge in [-0.25, -0.2) is 0 Å². The summed E-state index contributed by atoms with van der Waals surface area (Å²) in [6.07, 6.45) is 0.471. The van der Waals surface area contributed by atoms with Gasteiger partial charge in [0.15, 0.2) is 0 Å². The van der Waals surface area contributed by atoms with Crippen molar-refractivity contribution in [2.24, 2.45) is 0 Å². The molecule has 0 aliphatic rings. The van der Waals surface area contributed by atoms with Gasteiger partial charge in [0, 0.05) is 25.6 Å². The van der Waals surface area contributed by atoms with Crippen LogP contribution in [0.15, 0.2) is 0 Å². The van der Waals surface area contributed by atoms with Crippen molar-refractivity contribution < 1.29 is 38.6 Å². The Bertz CT molecular complexity index is 96.6. The molecule has 0 radical (unpaired) electrons. The van der Waals surface area contributed by atoms with E-state index in [9.17, 15) is 9.90 Å². The molecule has 0 heterocycles. The fraction of sp³-hybridized carbons (Fsp3) is 0.833. The van der Waals surface area contributed by atoms with Gasteiger partial charge >= 0.3 is 18.9 Å². The molecule has 0 bridgehead atoms. The molecule has 0 unspecified atom stereocenters. The molecule has 1 N–H and O–H groups in total. The molecule has 0 aromatic rings. The van der Waals surface area contributed by atoms with E-state index in [4.69, 9.17) is 9.84 Å². The summed E-state index contributed by atoms with van der Waals surface area (Å²) in [5.41, 5.74) is 0. The SMILES string of the molecule is O=C([O-])CCOCCCO.[Li+]. The van der Waals surface area contributed by atoms with E-state index in [-0.39, 0.29) is 38.5 Å². The third kappa shape index (κ3) is 13.1. The van der Waals surface area contributed by atoms with Crippen LogP contribution < -0.4 is 24.0 Å². The molecular weight excluding hydrogens is 143 g/mol. The standard InChI is InChI=1S/C6H12O4.Li/c7-3-1-4-10-5-2-6(8)9;/h7H,1-5H2,(H,8,9);/q;+1/p-1. The van der Waals surface area contributed by atoms with E-state index in [1.54, 1.807) is 0 Å². The van der Waals surface area contributed by atoms with Gasteiger partial charge in [-0.2, -0.15) is 0 Å². The minimum Gasteiger partial charge on any atom is -0.550 e. The number of aliphatic carboxylic acids is 1. The van der Waals surface area contributed by atoms with Crippen LogP contribution in [0.5, 0.6) is 0 Å². The molecule has 0 aromatic heterocycles. The summed E-state index contributed by atoms with van der Waals surface area (Å²) >= 11 is 0. The van der Waals surface area contributed by atoms with Gasteiger partial charge in [0.1, 0.15) is 0 Å². The van der Waals surface area contributed by atoms with Crippen molar-refractivity contribution in [1.82, 2.24) is 0 Å². The molecule has 4 nitrogen and oxygen atoms in total. The number of hydrogen-bond donors (Lipinski definition) is 1. The van der Waals surface area contributed by atoms with Crippen LogP contribution in [-0.4, -0.2) is 30.9 Å². The summed E-state index contributed by atoms with van der Waals surface area (Å²) in [6, 6.07) is 0. The summed E-state index contributed by atoms with van der Waals surface area (Å²) in [4.78, 5) is 9.79. The summed E-state index contributed by atoms with van der Waals surface area (Å²) in [5.74, 6) is -1.11. The molecule has 0 aliphatic heterocycles. The van der Waals surface area contributed by atoms with Crippen LogP contribution in [0.1, 0.15) is 12.8 Å². The predicted octanol–water partition coefficient (Wildman–Crippen LogP) is -4.47. The summed E-state index contributed by atoms with van der Waals surface area (Å²) in [6.45, 7) is 0.650. The van der Waals surface area contributed by atoms with E-state index in [0.717, 1.165) is 0 Å². The number of carbonyl (C=O) groups excluding carboxylic acids is 1. The molecule has 5 heteroatoms.